The maximum absolute atomic E-state index is 6.22. The highest BCUT2D eigenvalue weighted by atomic mass is 35.5. The molecule has 0 saturated heterocycles. The highest BCUT2D eigenvalue weighted by molar-refractivity contribution is 6.31. The van der Waals surface area contributed by atoms with Crippen molar-refractivity contribution in [1.29, 1.82) is 0 Å². The van der Waals surface area contributed by atoms with Gasteiger partial charge < -0.3 is 9.32 Å². The number of halogens is 1. The van der Waals surface area contributed by atoms with E-state index in [4.69, 9.17) is 21.0 Å². The van der Waals surface area contributed by atoms with Crippen molar-refractivity contribution < 1.29 is 4.42 Å². The van der Waals surface area contributed by atoms with E-state index < -0.39 is 0 Å². The molecule has 5 rings (SSSR count). The fourth-order valence-corrected chi connectivity index (χ4v) is 3.69. The second-order valence-electron chi connectivity index (χ2n) is 7.06. The molecule has 0 fully saturated rings. The summed E-state index contributed by atoms with van der Waals surface area (Å²) >= 11 is 6.22. The standard InChI is InChI=1S/C22H18ClN5O/c1-14-5-3-6-15(11-14)20-25-26-21-18-9-8-16(23)12-19(18)24-22(28(20)21)27(2)13-17-7-4-10-29-17/h3-12H,13H2,1-2H3. The number of aromatic nitrogens is 4. The van der Waals surface area contributed by atoms with Crippen LogP contribution in [0.2, 0.25) is 5.02 Å². The molecule has 0 bridgehead atoms. The van der Waals surface area contributed by atoms with Crippen molar-refractivity contribution >= 4 is 34.1 Å². The zero-order valence-corrected chi connectivity index (χ0v) is 16.8. The molecule has 0 atom stereocenters. The first-order valence-corrected chi connectivity index (χ1v) is 9.63. The van der Waals surface area contributed by atoms with Gasteiger partial charge in [-0.3, -0.25) is 0 Å². The van der Waals surface area contributed by atoms with Gasteiger partial charge >= 0.3 is 0 Å². The molecular formula is C22H18ClN5O. The number of rotatable bonds is 4. The quantitative estimate of drug-likeness (QED) is 0.416. The molecule has 3 heterocycles. The summed E-state index contributed by atoms with van der Waals surface area (Å²) < 4.78 is 7.52. The molecule has 0 spiro atoms. The Morgan fingerprint density at radius 3 is 2.76 bits per heavy atom. The molecule has 3 aromatic heterocycles. The Morgan fingerprint density at radius 1 is 1.07 bits per heavy atom. The van der Waals surface area contributed by atoms with Gasteiger partial charge in [0, 0.05) is 23.0 Å². The van der Waals surface area contributed by atoms with Crippen LogP contribution in [0.3, 0.4) is 0 Å². The second-order valence-corrected chi connectivity index (χ2v) is 7.50. The lowest BCUT2D eigenvalue weighted by atomic mass is 10.1. The Bertz CT molecular complexity index is 1330. The van der Waals surface area contributed by atoms with E-state index in [1.165, 1.54) is 0 Å². The molecule has 144 valence electrons. The van der Waals surface area contributed by atoms with Crippen LogP contribution < -0.4 is 4.90 Å². The molecule has 0 amide bonds. The van der Waals surface area contributed by atoms with Crippen molar-refractivity contribution in [3.8, 4) is 11.4 Å². The van der Waals surface area contributed by atoms with Crippen molar-refractivity contribution in [2.45, 2.75) is 13.5 Å². The van der Waals surface area contributed by atoms with E-state index in [2.05, 4.69) is 29.3 Å². The molecule has 2 aromatic carbocycles. The molecule has 6 nitrogen and oxygen atoms in total. The van der Waals surface area contributed by atoms with Crippen molar-refractivity contribution in [1.82, 2.24) is 19.6 Å². The molecule has 0 N–H and O–H groups in total. The van der Waals surface area contributed by atoms with E-state index >= 15 is 0 Å². The van der Waals surface area contributed by atoms with Crippen molar-refractivity contribution in [3.63, 3.8) is 0 Å². The summed E-state index contributed by atoms with van der Waals surface area (Å²) in [6, 6.07) is 17.7. The predicted molar refractivity (Wildman–Crippen MR) is 114 cm³/mol. The van der Waals surface area contributed by atoms with Crippen molar-refractivity contribution in [3.05, 3.63) is 77.2 Å². The number of aryl methyl sites for hydroxylation is 1. The van der Waals surface area contributed by atoms with Gasteiger partial charge in [-0.15, -0.1) is 10.2 Å². The number of nitrogens with zero attached hydrogens (tertiary/aromatic N) is 5. The molecule has 0 aliphatic carbocycles. The number of benzene rings is 2. The summed E-state index contributed by atoms with van der Waals surface area (Å²) in [5.74, 6) is 2.31. The first-order chi connectivity index (χ1) is 14.1. The fraction of sp³-hybridized carbons (Fsp3) is 0.136. The minimum atomic E-state index is 0.562. The highest BCUT2D eigenvalue weighted by Crippen LogP contribution is 2.30. The summed E-state index contributed by atoms with van der Waals surface area (Å²) in [7, 11) is 1.97. The maximum atomic E-state index is 6.22. The van der Waals surface area contributed by atoms with Crippen LogP contribution in [0.1, 0.15) is 11.3 Å². The molecular weight excluding hydrogens is 386 g/mol. The SMILES string of the molecule is Cc1cccc(-c2nnc3c4ccc(Cl)cc4nc(N(C)Cc4ccco4)n23)c1. The first-order valence-electron chi connectivity index (χ1n) is 9.25. The molecule has 0 aliphatic rings. The molecule has 0 saturated carbocycles. The first kappa shape index (κ1) is 17.7. The van der Waals surface area contributed by atoms with E-state index in [0.717, 1.165) is 39.3 Å². The third-order valence-corrected chi connectivity index (χ3v) is 5.11. The average molecular weight is 404 g/mol. The van der Waals surface area contributed by atoms with E-state index in [-0.39, 0.29) is 0 Å². The maximum Gasteiger partial charge on any atom is 0.213 e. The van der Waals surface area contributed by atoms with Crippen LogP contribution in [0.5, 0.6) is 0 Å². The van der Waals surface area contributed by atoms with Crippen LogP contribution in [0.25, 0.3) is 27.9 Å². The predicted octanol–water partition coefficient (Wildman–Crippen LogP) is 5.14. The number of hydrogen-bond donors (Lipinski definition) is 0. The Hall–Kier alpha value is -3.38. The normalized spacial score (nSPS) is 11.4. The Morgan fingerprint density at radius 2 is 1.97 bits per heavy atom. The lowest BCUT2D eigenvalue weighted by Crippen LogP contribution is -2.21. The molecule has 0 unspecified atom stereocenters. The van der Waals surface area contributed by atoms with Crippen LogP contribution >= 0.6 is 11.6 Å². The Labute approximate surface area is 172 Å². The summed E-state index contributed by atoms with van der Waals surface area (Å²) in [6.45, 7) is 2.62. The van der Waals surface area contributed by atoms with Crippen LogP contribution in [-0.4, -0.2) is 26.6 Å². The zero-order chi connectivity index (χ0) is 20.0. The van der Waals surface area contributed by atoms with Gasteiger partial charge in [0.05, 0.1) is 18.3 Å². The monoisotopic (exact) mass is 403 g/mol. The van der Waals surface area contributed by atoms with E-state index in [9.17, 15) is 0 Å². The number of fused-ring (bicyclic) bond motifs is 3. The largest absolute Gasteiger partial charge is 0.467 e. The molecule has 0 radical (unpaired) electrons. The molecule has 0 aliphatic heterocycles. The Balaban J connectivity index is 1.78. The van der Waals surface area contributed by atoms with Gasteiger partial charge in [0.15, 0.2) is 11.5 Å². The van der Waals surface area contributed by atoms with Gasteiger partial charge in [-0.1, -0.05) is 35.4 Å². The Kier molecular flexibility index (Phi) is 4.21. The number of anilines is 1. The van der Waals surface area contributed by atoms with Gasteiger partial charge in [-0.2, -0.15) is 0 Å². The van der Waals surface area contributed by atoms with Crippen molar-refractivity contribution in [2.75, 3.05) is 11.9 Å². The van der Waals surface area contributed by atoms with Crippen LogP contribution in [0.4, 0.5) is 5.95 Å². The topological polar surface area (TPSA) is 59.5 Å². The van der Waals surface area contributed by atoms with E-state index in [0.29, 0.717) is 17.5 Å². The van der Waals surface area contributed by atoms with E-state index in [1.807, 2.05) is 58.8 Å². The molecule has 29 heavy (non-hydrogen) atoms. The van der Waals surface area contributed by atoms with Crippen LogP contribution in [-0.2, 0) is 6.54 Å². The lowest BCUT2D eigenvalue weighted by molar-refractivity contribution is 0.506. The third kappa shape index (κ3) is 3.11. The average Bonchev–Trinajstić information content (AvgIpc) is 3.37. The van der Waals surface area contributed by atoms with Crippen molar-refractivity contribution in [2.24, 2.45) is 0 Å². The van der Waals surface area contributed by atoms with Gasteiger partial charge in [-0.25, -0.2) is 9.38 Å². The van der Waals surface area contributed by atoms with Gasteiger partial charge in [0.2, 0.25) is 5.95 Å². The number of hydrogen-bond acceptors (Lipinski definition) is 5. The smallest absolute Gasteiger partial charge is 0.213 e. The number of furan rings is 1. The zero-order valence-electron chi connectivity index (χ0n) is 16.0. The minimum Gasteiger partial charge on any atom is -0.467 e. The molecule has 7 heteroatoms. The van der Waals surface area contributed by atoms with E-state index in [1.54, 1.807) is 6.26 Å². The minimum absolute atomic E-state index is 0.562. The van der Waals surface area contributed by atoms with Crippen LogP contribution in [0.15, 0.2) is 65.3 Å². The highest BCUT2D eigenvalue weighted by Gasteiger charge is 2.19. The third-order valence-electron chi connectivity index (χ3n) is 4.87. The van der Waals surface area contributed by atoms with Gasteiger partial charge in [-0.05, 0) is 43.3 Å². The molecule has 5 aromatic rings. The van der Waals surface area contributed by atoms with Crippen LogP contribution in [0, 0.1) is 6.92 Å². The summed E-state index contributed by atoms with van der Waals surface area (Å²) in [5.41, 5.74) is 3.66. The van der Waals surface area contributed by atoms with Gasteiger partial charge in [0.25, 0.3) is 0 Å². The lowest BCUT2D eigenvalue weighted by Gasteiger charge is -2.19. The summed E-state index contributed by atoms with van der Waals surface area (Å²) in [4.78, 5) is 6.93. The fourth-order valence-electron chi connectivity index (χ4n) is 3.53. The second kappa shape index (κ2) is 6.90. The summed E-state index contributed by atoms with van der Waals surface area (Å²) in [5, 5.41) is 10.5. The van der Waals surface area contributed by atoms with Gasteiger partial charge in [0.1, 0.15) is 5.76 Å². The summed E-state index contributed by atoms with van der Waals surface area (Å²) in [6.07, 6.45) is 1.67.